The predicted octanol–water partition coefficient (Wildman–Crippen LogP) is 6.42. The number of rotatable bonds is 9. The Kier molecular flexibility index (Phi) is 8.15. The van der Waals surface area contributed by atoms with Crippen molar-refractivity contribution in [2.24, 2.45) is 0 Å². The molecular weight excluding hydrogens is 460 g/mol. The second kappa shape index (κ2) is 11.9. The molecule has 0 unspecified atom stereocenters. The number of amides is 2. The largest absolute Gasteiger partial charge is 0.489 e. The Balaban J connectivity index is 1.38. The van der Waals surface area contributed by atoms with E-state index >= 15 is 0 Å². The second-order valence-electron chi connectivity index (χ2n) is 7.97. The van der Waals surface area contributed by atoms with E-state index in [-0.39, 0.29) is 18.2 Å². The summed E-state index contributed by atoms with van der Waals surface area (Å²) in [5, 5.41) is 6.20. The molecule has 0 aliphatic rings. The zero-order chi connectivity index (χ0) is 24.5. The summed E-state index contributed by atoms with van der Waals surface area (Å²) in [6.45, 7) is 0.469. The van der Waals surface area contributed by atoms with Crippen molar-refractivity contribution >= 4 is 29.1 Å². The minimum Gasteiger partial charge on any atom is -0.489 e. The van der Waals surface area contributed by atoms with Gasteiger partial charge in [-0.3, -0.25) is 9.59 Å². The van der Waals surface area contributed by atoms with Crippen LogP contribution in [0.3, 0.4) is 0 Å². The van der Waals surface area contributed by atoms with Gasteiger partial charge in [0.15, 0.2) is 0 Å². The highest BCUT2D eigenvalue weighted by molar-refractivity contribution is 6.33. The number of benzene rings is 4. The van der Waals surface area contributed by atoms with Crippen LogP contribution in [-0.2, 0) is 11.4 Å². The summed E-state index contributed by atoms with van der Waals surface area (Å²) in [5.74, 6) is 0.148. The van der Waals surface area contributed by atoms with Crippen LogP contribution in [-0.4, -0.2) is 11.8 Å². The van der Waals surface area contributed by atoms with E-state index in [0.717, 1.165) is 11.1 Å². The minimum atomic E-state index is -0.520. The maximum absolute atomic E-state index is 12.9. The van der Waals surface area contributed by atoms with E-state index in [0.29, 0.717) is 28.6 Å². The van der Waals surface area contributed by atoms with Gasteiger partial charge in [-0.25, -0.2) is 0 Å². The molecule has 0 saturated carbocycles. The average molecular weight is 485 g/mol. The fraction of sp³-hybridized carbons (Fsp3) is 0.103. The Hall–Kier alpha value is -4.09. The third-order valence-electron chi connectivity index (χ3n) is 5.40. The molecule has 0 heterocycles. The highest BCUT2D eigenvalue weighted by Gasteiger charge is 2.20. The molecule has 0 fully saturated rings. The summed E-state index contributed by atoms with van der Waals surface area (Å²) in [6.07, 6.45) is 0.0620. The third kappa shape index (κ3) is 6.95. The molecular formula is C29H25ClN2O3. The Morgan fingerprint density at radius 3 is 2.09 bits per heavy atom. The van der Waals surface area contributed by atoms with E-state index in [4.69, 9.17) is 16.3 Å². The standard InChI is InChI=1S/C29H25ClN2O3/c30-26-14-8-7-13-25(26)29(34)32-27(22-11-5-2-6-12-22)19-28(33)31-23-15-17-24(18-16-23)35-20-21-9-3-1-4-10-21/h1-18,27H,19-20H2,(H,31,33)(H,32,34)/t27-/m1/s1. The van der Waals surface area contributed by atoms with Crippen LogP contribution in [0.25, 0.3) is 0 Å². The van der Waals surface area contributed by atoms with E-state index in [1.807, 2.05) is 72.8 Å². The van der Waals surface area contributed by atoms with Crippen molar-refractivity contribution in [3.8, 4) is 5.75 Å². The van der Waals surface area contributed by atoms with Crippen molar-refractivity contribution in [1.29, 1.82) is 0 Å². The van der Waals surface area contributed by atoms with Gasteiger partial charge in [-0.05, 0) is 47.5 Å². The van der Waals surface area contributed by atoms with Crippen molar-refractivity contribution < 1.29 is 14.3 Å². The van der Waals surface area contributed by atoms with Crippen LogP contribution in [0.4, 0.5) is 5.69 Å². The van der Waals surface area contributed by atoms with E-state index in [2.05, 4.69) is 10.6 Å². The molecule has 5 nitrogen and oxygen atoms in total. The van der Waals surface area contributed by atoms with Crippen LogP contribution in [0.2, 0.25) is 5.02 Å². The first-order valence-electron chi connectivity index (χ1n) is 11.3. The molecule has 4 aromatic carbocycles. The quantitative estimate of drug-likeness (QED) is 0.288. The lowest BCUT2D eigenvalue weighted by Gasteiger charge is -2.19. The topological polar surface area (TPSA) is 67.4 Å². The monoisotopic (exact) mass is 484 g/mol. The molecule has 6 heteroatoms. The molecule has 1 atom stereocenters. The van der Waals surface area contributed by atoms with E-state index in [1.54, 1.807) is 36.4 Å². The summed E-state index contributed by atoms with van der Waals surface area (Å²) >= 11 is 6.18. The van der Waals surface area contributed by atoms with Crippen molar-refractivity contribution in [2.75, 3.05) is 5.32 Å². The number of ether oxygens (including phenoxy) is 1. The second-order valence-corrected chi connectivity index (χ2v) is 8.37. The van der Waals surface area contributed by atoms with Crippen LogP contribution in [0.15, 0.2) is 109 Å². The number of carbonyl (C=O) groups is 2. The van der Waals surface area contributed by atoms with E-state index < -0.39 is 6.04 Å². The molecule has 4 rings (SSSR count). The summed E-state index contributed by atoms with van der Waals surface area (Å²) in [6, 6.07) is 32.8. The van der Waals surface area contributed by atoms with Gasteiger partial charge in [-0.1, -0.05) is 84.4 Å². The summed E-state index contributed by atoms with van der Waals surface area (Å²) in [5.41, 5.74) is 2.91. The van der Waals surface area contributed by atoms with E-state index in [1.165, 1.54) is 0 Å². The SMILES string of the molecule is O=C(C[C@@H](NC(=O)c1ccccc1Cl)c1ccccc1)Nc1ccc(OCc2ccccc2)cc1. The maximum atomic E-state index is 12.9. The Labute approximate surface area is 209 Å². The van der Waals surface area contributed by atoms with Crippen molar-refractivity contribution in [3.05, 3.63) is 131 Å². The summed E-state index contributed by atoms with van der Waals surface area (Å²) in [7, 11) is 0. The lowest BCUT2D eigenvalue weighted by atomic mass is 10.0. The molecule has 0 aromatic heterocycles. The van der Waals surface area contributed by atoms with Gasteiger partial charge in [0.1, 0.15) is 12.4 Å². The average Bonchev–Trinajstić information content (AvgIpc) is 2.89. The molecule has 176 valence electrons. The van der Waals surface area contributed by atoms with Crippen LogP contribution < -0.4 is 15.4 Å². The predicted molar refractivity (Wildman–Crippen MR) is 139 cm³/mol. The van der Waals surface area contributed by atoms with Crippen molar-refractivity contribution in [2.45, 2.75) is 19.1 Å². The van der Waals surface area contributed by atoms with Gasteiger partial charge in [0, 0.05) is 5.69 Å². The smallest absolute Gasteiger partial charge is 0.253 e. The first-order chi connectivity index (χ1) is 17.1. The number of anilines is 1. The molecule has 0 aliphatic heterocycles. The van der Waals surface area contributed by atoms with Crippen molar-refractivity contribution in [3.63, 3.8) is 0 Å². The zero-order valence-electron chi connectivity index (χ0n) is 19.0. The number of carbonyl (C=O) groups excluding carboxylic acids is 2. The third-order valence-corrected chi connectivity index (χ3v) is 5.73. The molecule has 2 N–H and O–H groups in total. The lowest BCUT2D eigenvalue weighted by Crippen LogP contribution is -2.31. The number of hydrogen-bond donors (Lipinski definition) is 2. The van der Waals surface area contributed by atoms with Gasteiger partial charge < -0.3 is 15.4 Å². The highest BCUT2D eigenvalue weighted by Crippen LogP contribution is 2.22. The highest BCUT2D eigenvalue weighted by atomic mass is 35.5. The van der Waals surface area contributed by atoms with Crippen LogP contribution in [0, 0.1) is 0 Å². The van der Waals surface area contributed by atoms with Gasteiger partial charge >= 0.3 is 0 Å². The first kappa shape index (κ1) is 24.0. The van der Waals surface area contributed by atoms with Crippen molar-refractivity contribution in [1.82, 2.24) is 5.32 Å². The molecule has 0 aliphatic carbocycles. The molecule has 0 bridgehead atoms. The van der Waals surface area contributed by atoms with Gasteiger partial charge in [-0.15, -0.1) is 0 Å². The molecule has 35 heavy (non-hydrogen) atoms. The first-order valence-corrected chi connectivity index (χ1v) is 11.6. The Morgan fingerprint density at radius 1 is 0.771 bits per heavy atom. The molecule has 0 radical (unpaired) electrons. The summed E-state index contributed by atoms with van der Waals surface area (Å²) in [4.78, 5) is 25.7. The van der Waals surface area contributed by atoms with Crippen LogP contribution in [0.5, 0.6) is 5.75 Å². The molecule has 0 spiro atoms. The number of hydrogen-bond acceptors (Lipinski definition) is 3. The fourth-order valence-corrected chi connectivity index (χ4v) is 3.81. The minimum absolute atomic E-state index is 0.0620. The van der Waals surface area contributed by atoms with Crippen LogP contribution in [0.1, 0.15) is 33.9 Å². The van der Waals surface area contributed by atoms with Gasteiger partial charge in [0.05, 0.1) is 23.0 Å². The number of halogens is 1. The molecule has 4 aromatic rings. The van der Waals surface area contributed by atoms with Gasteiger partial charge in [-0.2, -0.15) is 0 Å². The van der Waals surface area contributed by atoms with Crippen LogP contribution >= 0.6 is 11.6 Å². The zero-order valence-corrected chi connectivity index (χ0v) is 19.7. The number of nitrogens with one attached hydrogen (secondary N) is 2. The Bertz CT molecular complexity index is 1260. The van der Waals surface area contributed by atoms with E-state index in [9.17, 15) is 9.59 Å². The molecule has 2 amide bonds. The lowest BCUT2D eigenvalue weighted by molar-refractivity contribution is -0.116. The van der Waals surface area contributed by atoms with Gasteiger partial charge in [0.2, 0.25) is 5.91 Å². The van der Waals surface area contributed by atoms with Gasteiger partial charge in [0.25, 0.3) is 5.91 Å². The summed E-state index contributed by atoms with van der Waals surface area (Å²) < 4.78 is 5.80. The normalized spacial score (nSPS) is 11.3. The fourth-order valence-electron chi connectivity index (χ4n) is 3.59. The Morgan fingerprint density at radius 2 is 1.40 bits per heavy atom. The maximum Gasteiger partial charge on any atom is 0.253 e. The molecule has 0 saturated heterocycles.